The van der Waals surface area contributed by atoms with Crippen LogP contribution in [0.25, 0.3) is 0 Å². The Bertz CT molecular complexity index is 799. The summed E-state index contributed by atoms with van der Waals surface area (Å²) in [7, 11) is -3.46. The maximum atomic E-state index is 12.7. The van der Waals surface area contributed by atoms with Gasteiger partial charge in [-0.3, -0.25) is 4.79 Å². The minimum atomic E-state index is -3.46. The number of anilines is 1. The van der Waals surface area contributed by atoms with E-state index in [0.29, 0.717) is 29.6 Å². The number of nitrogens with zero attached hydrogens (tertiary/aromatic N) is 1. The lowest BCUT2D eigenvalue weighted by molar-refractivity contribution is 0.103. The van der Waals surface area contributed by atoms with E-state index in [1.54, 1.807) is 34.6 Å². The molecule has 7 heteroatoms. The third kappa shape index (κ3) is 3.68. The predicted octanol–water partition coefficient (Wildman–Crippen LogP) is 3.42. The molecule has 2 heterocycles. The lowest BCUT2D eigenvalue weighted by Crippen LogP contribution is -2.39. The van der Waals surface area contributed by atoms with Gasteiger partial charge < -0.3 is 5.32 Å². The van der Waals surface area contributed by atoms with Gasteiger partial charge in [0.1, 0.15) is 0 Å². The van der Waals surface area contributed by atoms with E-state index in [2.05, 4.69) is 12.2 Å². The monoisotopic (exact) mass is 364 g/mol. The minimum Gasteiger partial charge on any atom is -0.321 e. The van der Waals surface area contributed by atoms with Gasteiger partial charge in [-0.25, -0.2) is 8.42 Å². The Kier molecular flexibility index (Phi) is 5.03. The summed E-state index contributed by atoms with van der Waals surface area (Å²) in [5, 5.41) is 4.61. The van der Waals surface area contributed by atoms with Gasteiger partial charge in [0.05, 0.1) is 9.77 Å². The van der Waals surface area contributed by atoms with Gasteiger partial charge in [-0.2, -0.15) is 4.31 Å². The summed E-state index contributed by atoms with van der Waals surface area (Å²) in [5.41, 5.74) is 0.583. The number of hydrogen-bond acceptors (Lipinski definition) is 4. The highest BCUT2D eigenvalue weighted by Gasteiger charge is 2.28. The first kappa shape index (κ1) is 17.1. The Balaban J connectivity index is 1.73. The van der Waals surface area contributed by atoms with Crippen molar-refractivity contribution in [1.82, 2.24) is 4.31 Å². The average molecular weight is 364 g/mol. The fourth-order valence-electron chi connectivity index (χ4n) is 2.82. The van der Waals surface area contributed by atoms with Crippen molar-refractivity contribution < 1.29 is 13.2 Å². The van der Waals surface area contributed by atoms with Crippen LogP contribution < -0.4 is 5.32 Å². The quantitative estimate of drug-likeness (QED) is 0.904. The Hall–Kier alpha value is -1.70. The number of carbonyl (C=O) groups is 1. The fraction of sp³-hybridized carbons (Fsp3) is 0.353. The molecular weight excluding hydrogens is 344 g/mol. The lowest BCUT2D eigenvalue weighted by atomic mass is 10.0. The summed E-state index contributed by atoms with van der Waals surface area (Å²) >= 11 is 1.36. The molecule has 128 valence electrons. The van der Waals surface area contributed by atoms with E-state index in [0.717, 1.165) is 12.8 Å². The number of piperidine rings is 1. The second kappa shape index (κ2) is 7.04. The number of benzene rings is 1. The van der Waals surface area contributed by atoms with Crippen LogP contribution in [0.15, 0.2) is 46.7 Å². The van der Waals surface area contributed by atoms with Crippen LogP contribution in [-0.2, 0) is 10.0 Å². The van der Waals surface area contributed by atoms with Crippen LogP contribution in [-0.4, -0.2) is 31.7 Å². The second-order valence-corrected chi connectivity index (χ2v) is 8.95. The SMILES string of the molecule is C[C@@H]1CCCN(S(=O)(=O)c2ccc(NC(=O)c3cccs3)cc2)C1. The van der Waals surface area contributed by atoms with Crippen molar-refractivity contribution in [3.63, 3.8) is 0 Å². The Morgan fingerprint density at radius 2 is 2.00 bits per heavy atom. The molecule has 0 radical (unpaired) electrons. The number of sulfonamides is 1. The molecule has 1 aliphatic rings. The highest BCUT2D eigenvalue weighted by molar-refractivity contribution is 7.89. The predicted molar refractivity (Wildman–Crippen MR) is 95.9 cm³/mol. The Labute approximate surface area is 146 Å². The van der Waals surface area contributed by atoms with Crippen LogP contribution in [0.5, 0.6) is 0 Å². The fourth-order valence-corrected chi connectivity index (χ4v) is 5.04. The van der Waals surface area contributed by atoms with E-state index in [9.17, 15) is 13.2 Å². The molecule has 1 fully saturated rings. The van der Waals surface area contributed by atoms with E-state index in [4.69, 9.17) is 0 Å². The number of rotatable bonds is 4. The smallest absolute Gasteiger partial charge is 0.265 e. The third-order valence-electron chi connectivity index (χ3n) is 4.11. The van der Waals surface area contributed by atoms with Gasteiger partial charge in [0, 0.05) is 18.8 Å². The minimum absolute atomic E-state index is 0.189. The molecular formula is C17H20N2O3S2. The zero-order valence-electron chi connectivity index (χ0n) is 13.4. The first-order valence-corrected chi connectivity index (χ1v) is 10.2. The molecule has 0 aliphatic carbocycles. The molecule has 5 nitrogen and oxygen atoms in total. The van der Waals surface area contributed by atoms with Crippen LogP contribution in [0.1, 0.15) is 29.4 Å². The van der Waals surface area contributed by atoms with E-state index >= 15 is 0 Å². The first-order valence-electron chi connectivity index (χ1n) is 7.92. The van der Waals surface area contributed by atoms with Crippen LogP contribution >= 0.6 is 11.3 Å². The average Bonchev–Trinajstić information content (AvgIpc) is 3.10. The molecule has 0 spiro atoms. The van der Waals surface area contributed by atoms with Gasteiger partial charge in [-0.1, -0.05) is 13.0 Å². The van der Waals surface area contributed by atoms with Gasteiger partial charge >= 0.3 is 0 Å². The number of nitrogens with one attached hydrogen (secondary N) is 1. The van der Waals surface area contributed by atoms with Gasteiger partial charge in [0.2, 0.25) is 10.0 Å². The van der Waals surface area contributed by atoms with Crippen molar-refractivity contribution in [2.75, 3.05) is 18.4 Å². The standard InChI is InChI=1S/C17H20N2O3S2/c1-13-4-2-10-19(12-13)24(21,22)15-8-6-14(7-9-15)18-17(20)16-5-3-11-23-16/h3,5-9,11,13H,2,4,10,12H2,1H3,(H,18,20)/t13-/m1/s1. The normalized spacial score (nSPS) is 19.1. The molecule has 1 aromatic carbocycles. The van der Waals surface area contributed by atoms with E-state index < -0.39 is 10.0 Å². The number of hydrogen-bond donors (Lipinski definition) is 1. The van der Waals surface area contributed by atoms with E-state index in [-0.39, 0.29) is 10.8 Å². The molecule has 2 aromatic rings. The van der Waals surface area contributed by atoms with Crippen molar-refractivity contribution >= 4 is 33.0 Å². The molecule has 1 aromatic heterocycles. The maximum absolute atomic E-state index is 12.7. The zero-order valence-corrected chi connectivity index (χ0v) is 15.1. The summed E-state index contributed by atoms with van der Waals surface area (Å²) < 4.78 is 26.9. The summed E-state index contributed by atoms with van der Waals surface area (Å²) in [5.74, 6) is 0.198. The van der Waals surface area contributed by atoms with Gasteiger partial charge in [0.25, 0.3) is 5.91 Å². The molecule has 3 rings (SSSR count). The molecule has 1 atom stereocenters. The molecule has 24 heavy (non-hydrogen) atoms. The topological polar surface area (TPSA) is 66.5 Å². The highest BCUT2D eigenvalue weighted by atomic mass is 32.2. The van der Waals surface area contributed by atoms with Crippen LogP contribution in [0.3, 0.4) is 0 Å². The van der Waals surface area contributed by atoms with Crippen LogP contribution in [0.4, 0.5) is 5.69 Å². The lowest BCUT2D eigenvalue weighted by Gasteiger charge is -2.30. The molecule has 1 amide bonds. The molecule has 1 aliphatic heterocycles. The van der Waals surface area contributed by atoms with Gasteiger partial charge in [-0.05, 0) is 54.5 Å². The number of thiophene rings is 1. The van der Waals surface area contributed by atoms with Crippen molar-refractivity contribution in [3.8, 4) is 0 Å². The third-order valence-corrected chi connectivity index (χ3v) is 6.86. The van der Waals surface area contributed by atoms with E-state index in [1.807, 2.05) is 11.4 Å². The van der Waals surface area contributed by atoms with Crippen molar-refractivity contribution in [3.05, 3.63) is 46.7 Å². The maximum Gasteiger partial charge on any atom is 0.265 e. The van der Waals surface area contributed by atoms with Crippen molar-refractivity contribution in [1.29, 1.82) is 0 Å². The first-order chi connectivity index (χ1) is 11.5. The molecule has 0 bridgehead atoms. The number of carbonyl (C=O) groups excluding carboxylic acids is 1. The summed E-state index contributed by atoms with van der Waals surface area (Å²) in [6.45, 7) is 3.22. The van der Waals surface area contributed by atoms with Gasteiger partial charge in [-0.15, -0.1) is 11.3 Å². The Morgan fingerprint density at radius 1 is 1.25 bits per heavy atom. The highest BCUT2D eigenvalue weighted by Crippen LogP contribution is 2.24. The molecule has 0 saturated carbocycles. The second-order valence-electron chi connectivity index (χ2n) is 6.07. The van der Waals surface area contributed by atoms with Crippen molar-refractivity contribution in [2.24, 2.45) is 5.92 Å². The van der Waals surface area contributed by atoms with Gasteiger partial charge in [0.15, 0.2) is 0 Å². The largest absolute Gasteiger partial charge is 0.321 e. The van der Waals surface area contributed by atoms with E-state index in [1.165, 1.54) is 11.3 Å². The van der Waals surface area contributed by atoms with Crippen molar-refractivity contribution in [2.45, 2.75) is 24.7 Å². The molecule has 1 saturated heterocycles. The summed E-state index contributed by atoms with van der Waals surface area (Å²) in [4.78, 5) is 12.9. The van der Waals surface area contributed by atoms with Crippen LogP contribution in [0, 0.1) is 5.92 Å². The molecule has 0 unspecified atom stereocenters. The van der Waals surface area contributed by atoms with Crippen LogP contribution in [0.2, 0.25) is 0 Å². The summed E-state index contributed by atoms with van der Waals surface area (Å²) in [6.07, 6.45) is 1.97. The zero-order chi connectivity index (χ0) is 17.2. The summed E-state index contributed by atoms with van der Waals surface area (Å²) in [6, 6.07) is 9.93. The molecule has 1 N–H and O–H groups in total. The number of amides is 1. The Morgan fingerprint density at radius 3 is 2.62 bits per heavy atom.